The van der Waals surface area contributed by atoms with Crippen molar-refractivity contribution in [3.05, 3.63) is 24.4 Å². The average Bonchev–Trinajstić information content (AvgIpc) is 2.28. The lowest BCUT2D eigenvalue weighted by atomic mass is 10.2. The summed E-state index contributed by atoms with van der Waals surface area (Å²) in [7, 11) is 4.17. The smallest absolute Gasteiger partial charge is 0.0267 e. The normalized spacial score (nSPS) is 16.4. The lowest BCUT2D eigenvalue weighted by Crippen LogP contribution is -2.16. The molecule has 0 aromatic heterocycles. The van der Waals surface area contributed by atoms with Crippen LogP contribution in [0.15, 0.2) is 29.4 Å². The number of rotatable bonds is 3. The Morgan fingerprint density at radius 2 is 2.25 bits per heavy atom. The van der Waals surface area contributed by atoms with E-state index in [1.54, 1.807) is 0 Å². The summed E-state index contributed by atoms with van der Waals surface area (Å²) in [5, 5.41) is 0. The molecule has 0 amide bonds. The number of nitrogens with zero attached hydrogens (tertiary/aromatic N) is 2. The van der Waals surface area contributed by atoms with Crippen LogP contribution in [-0.2, 0) is 0 Å². The fourth-order valence-corrected chi connectivity index (χ4v) is 1.05. The Morgan fingerprint density at radius 1 is 1.42 bits per heavy atom. The highest BCUT2D eigenvalue weighted by Gasteiger charge is 1.98. The van der Waals surface area contributed by atoms with Gasteiger partial charge in [-0.15, -0.1) is 0 Å². The molecule has 0 fully saturated rings. The van der Waals surface area contributed by atoms with Crippen molar-refractivity contribution in [2.75, 3.05) is 20.6 Å². The van der Waals surface area contributed by atoms with Gasteiger partial charge in [0.2, 0.25) is 0 Å². The summed E-state index contributed by atoms with van der Waals surface area (Å²) >= 11 is 0. The van der Waals surface area contributed by atoms with Crippen molar-refractivity contribution in [3.63, 3.8) is 0 Å². The number of allylic oxidation sites excluding steroid dienone is 3. The van der Waals surface area contributed by atoms with Crippen LogP contribution in [-0.4, -0.2) is 31.3 Å². The van der Waals surface area contributed by atoms with E-state index in [1.807, 2.05) is 18.4 Å². The highest BCUT2D eigenvalue weighted by atomic mass is 15.0. The Morgan fingerprint density at radius 3 is 3.00 bits per heavy atom. The lowest BCUT2D eigenvalue weighted by Gasteiger charge is -2.09. The van der Waals surface area contributed by atoms with Crippen molar-refractivity contribution in [1.82, 2.24) is 4.90 Å². The first-order valence-corrected chi connectivity index (χ1v) is 4.31. The highest BCUT2D eigenvalue weighted by molar-refractivity contribution is 5.86. The molecule has 1 heterocycles. The van der Waals surface area contributed by atoms with Crippen molar-refractivity contribution in [3.8, 4) is 0 Å². The van der Waals surface area contributed by atoms with E-state index in [0.29, 0.717) is 0 Å². The molecule has 0 radical (unpaired) electrons. The van der Waals surface area contributed by atoms with Gasteiger partial charge in [-0.05, 0) is 26.6 Å². The monoisotopic (exact) mass is 164 g/mol. The largest absolute Gasteiger partial charge is 0.309 e. The molecule has 0 atom stereocenters. The predicted molar refractivity (Wildman–Crippen MR) is 53.5 cm³/mol. The molecule has 0 spiro atoms. The molecule has 0 unspecified atom stereocenters. The summed E-state index contributed by atoms with van der Waals surface area (Å²) in [5.41, 5.74) is 1.27. The van der Waals surface area contributed by atoms with Crippen LogP contribution in [0.2, 0.25) is 0 Å². The van der Waals surface area contributed by atoms with Gasteiger partial charge in [-0.1, -0.05) is 12.2 Å². The van der Waals surface area contributed by atoms with Gasteiger partial charge >= 0.3 is 0 Å². The molecule has 66 valence electrons. The van der Waals surface area contributed by atoms with Crippen molar-refractivity contribution in [2.24, 2.45) is 4.99 Å². The zero-order valence-electron chi connectivity index (χ0n) is 7.83. The summed E-state index contributed by atoms with van der Waals surface area (Å²) in [6, 6.07) is 0. The van der Waals surface area contributed by atoms with Crippen molar-refractivity contribution in [1.29, 1.82) is 0 Å². The van der Waals surface area contributed by atoms with Gasteiger partial charge in [-0.2, -0.15) is 0 Å². The minimum Gasteiger partial charge on any atom is -0.309 e. The van der Waals surface area contributed by atoms with Crippen molar-refractivity contribution < 1.29 is 0 Å². The Balaban J connectivity index is 2.36. The van der Waals surface area contributed by atoms with E-state index in [1.165, 1.54) is 5.71 Å². The summed E-state index contributed by atoms with van der Waals surface area (Å²) in [6.45, 7) is 1.08. The molecule has 1 aliphatic heterocycles. The maximum Gasteiger partial charge on any atom is 0.0267 e. The molecular weight excluding hydrogens is 148 g/mol. The molecule has 0 aromatic rings. The Labute approximate surface area is 74.3 Å². The zero-order chi connectivity index (χ0) is 8.81. The molecule has 12 heavy (non-hydrogen) atoms. The first-order chi connectivity index (χ1) is 5.79. The lowest BCUT2D eigenvalue weighted by molar-refractivity contribution is 0.421. The van der Waals surface area contributed by atoms with Crippen LogP contribution < -0.4 is 0 Å². The van der Waals surface area contributed by atoms with Crippen molar-refractivity contribution >= 4 is 5.71 Å². The van der Waals surface area contributed by atoms with Gasteiger partial charge in [-0.3, -0.25) is 4.99 Å². The molecule has 2 heteroatoms. The number of hydrogen-bond acceptors (Lipinski definition) is 2. The first kappa shape index (κ1) is 9.20. The maximum atomic E-state index is 4.34. The third kappa shape index (κ3) is 3.49. The molecule has 0 bridgehead atoms. The van der Waals surface area contributed by atoms with E-state index < -0.39 is 0 Å². The van der Waals surface area contributed by atoms with E-state index in [2.05, 4.69) is 30.1 Å². The average molecular weight is 164 g/mol. The minimum atomic E-state index is 1.00. The van der Waals surface area contributed by atoms with E-state index in [9.17, 15) is 0 Å². The Kier molecular flexibility index (Phi) is 3.74. The second-order valence-corrected chi connectivity index (χ2v) is 3.22. The van der Waals surface area contributed by atoms with Gasteiger partial charge in [0.05, 0.1) is 0 Å². The topological polar surface area (TPSA) is 15.6 Å². The molecule has 0 N–H and O–H groups in total. The molecule has 2 nitrogen and oxygen atoms in total. The molecule has 0 saturated heterocycles. The van der Waals surface area contributed by atoms with Crippen LogP contribution in [0.3, 0.4) is 0 Å². The molecular formula is C10H16N2. The summed E-state index contributed by atoms with van der Waals surface area (Å²) < 4.78 is 0. The third-order valence-electron chi connectivity index (χ3n) is 1.79. The first-order valence-electron chi connectivity index (χ1n) is 4.31. The third-order valence-corrected chi connectivity index (χ3v) is 1.79. The molecule has 0 aromatic carbocycles. The highest BCUT2D eigenvalue weighted by Crippen LogP contribution is 2.01. The summed E-state index contributed by atoms with van der Waals surface area (Å²) in [4.78, 5) is 6.52. The molecule has 1 rings (SSSR count). The van der Waals surface area contributed by atoms with Crippen LogP contribution >= 0.6 is 0 Å². The fraction of sp³-hybridized carbons (Fsp3) is 0.500. The maximum absolute atomic E-state index is 4.34. The second-order valence-electron chi connectivity index (χ2n) is 3.22. The van der Waals surface area contributed by atoms with E-state index in [-0.39, 0.29) is 0 Å². The van der Waals surface area contributed by atoms with Crippen LogP contribution in [0.4, 0.5) is 0 Å². The van der Waals surface area contributed by atoms with Crippen LogP contribution in [0, 0.1) is 0 Å². The van der Waals surface area contributed by atoms with Gasteiger partial charge in [0.1, 0.15) is 0 Å². The van der Waals surface area contributed by atoms with Crippen molar-refractivity contribution in [2.45, 2.75) is 12.8 Å². The number of hydrogen-bond donors (Lipinski definition) is 0. The number of aliphatic imine (C=N–C) groups is 1. The fourth-order valence-electron chi connectivity index (χ4n) is 1.05. The van der Waals surface area contributed by atoms with E-state index in [4.69, 9.17) is 0 Å². The SMILES string of the molecule is CN(C)CCC1=NC=CC=CC1. The Bertz CT molecular complexity index is 212. The van der Waals surface area contributed by atoms with Gasteiger partial charge < -0.3 is 4.90 Å². The van der Waals surface area contributed by atoms with Crippen LogP contribution in [0.5, 0.6) is 0 Å². The Hall–Kier alpha value is -0.890. The predicted octanol–water partition coefficient (Wildman–Crippen LogP) is 1.85. The summed E-state index contributed by atoms with van der Waals surface area (Å²) in [5.74, 6) is 0. The standard InChI is InChI=1S/C10H16N2/c1-12(2)9-7-10-6-4-3-5-8-11-10/h3-5,8H,6-7,9H2,1-2H3. The second kappa shape index (κ2) is 4.88. The van der Waals surface area contributed by atoms with Gasteiger partial charge in [0.15, 0.2) is 0 Å². The molecule has 1 aliphatic rings. The van der Waals surface area contributed by atoms with Crippen LogP contribution in [0.1, 0.15) is 12.8 Å². The molecule has 0 saturated carbocycles. The van der Waals surface area contributed by atoms with Gasteiger partial charge in [-0.25, -0.2) is 0 Å². The minimum absolute atomic E-state index is 1.00. The zero-order valence-corrected chi connectivity index (χ0v) is 7.83. The quantitative estimate of drug-likeness (QED) is 0.621. The van der Waals surface area contributed by atoms with Gasteiger partial charge in [0.25, 0.3) is 0 Å². The van der Waals surface area contributed by atoms with E-state index >= 15 is 0 Å². The van der Waals surface area contributed by atoms with Gasteiger partial charge in [0, 0.05) is 24.9 Å². The van der Waals surface area contributed by atoms with E-state index in [0.717, 1.165) is 19.4 Å². The van der Waals surface area contributed by atoms with Crippen LogP contribution in [0.25, 0.3) is 0 Å². The molecule has 0 aliphatic carbocycles. The summed E-state index contributed by atoms with van der Waals surface area (Å²) in [6.07, 6.45) is 10.1.